The van der Waals surface area contributed by atoms with Gasteiger partial charge < -0.3 is 5.11 Å². The molecule has 0 radical (unpaired) electrons. The van der Waals surface area contributed by atoms with E-state index in [1.54, 1.807) is 6.92 Å². The van der Waals surface area contributed by atoms with E-state index in [1.165, 1.54) is 28.7 Å². The van der Waals surface area contributed by atoms with Crippen LogP contribution < -0.4 is 4.72 Å². The molecule has 0 spiro atoms. The Morgan fingerprint density at radius 1 is 1.47 bits per heavy atom. The van der Waals surface area contributed by atoms with Gasteiger partial charge in [0.2, 0.25) is 10.0 Å². The largest absolute Gasteiger partial charge is 0.391 e. The maximum Gasteiger partial charge on any atom is 0.242 e. The normalized spacial score (nSPS) is 11.9. The first-order valence-corrected chi connectivity index (χ1v) is 9.33. The molecule has 0 saturated heterocycles. The molecule has 19 heavy (non-hydrogen) atoms. The van der Waals surface area contributed by atoms with Crippen molar-refractivity contribution in [1.29, 1.82) is 0 Å². The second-order valence-electron chi connectivity index (χ2n) is 3.81. The summed E-state index contributed by atoms with van der Waals surface area (Å²) in [5.41, 5.74) is 0. The average molecular weight is 382 g/mol. The van der Waals surface area contributed by atoms with Gasteiger partial charge in [-0.25, -0.2) is 13.1 Å². The zero-order valence-electron chi connectivity index (χ0n) is 10.0. The molecule has 0 amide bonds. The minimum Gasteiger partial charge on any atom is -0.391 e. The van der Waals surface area contributed by atoms with Crippen molar-refractivity contribution >= 4 is 48.6 Å². The fourth-order valence-electron chi connectivity index (χ4n) is 1.56. The van der Waals surface area contributed by atoms with Crippen LogP contribution >= 0.6 is 38.6 Å². The lowest BCUT2D eigenvalue weighted by molar-refractivity contribution is 0.285. The first kappa shape index (κ1) is 15.1. The molecule has 0 fully saturated rings. The van der Waals surface area contributed by atoms with Gasteiger partial charge in [-0.15, -0.1) is 22.7 Å². The molecule has 0 aromatic carbocycles. The maximum atomic E-state index is 12.2. The topological polar surface area (TPSA) is 66.4 Å². The van der Waals surface area contributed by atoms with Crippen LogP contribution in [0, 0.1) is 6.92 Å². The van der Waals surface area contributed by atoms with E-state index in [1.807, 2.05) is 11.4 Å². The highest BCUT2D eigenvalue weighted by Crippen LogP contribution is 2.27. The van der Waals surface area contributed by atoms with Crippen LogP contribution in [0.3, 0.4) is 0 Å². The molecule has 4 nitrogen and oxygen atoms in total. The first-order valence-electron chi connectivity index (χ1n) is 5.35. The molecular formula is C11H12BrNO3S3. The van der Waals surface area contributed by atoms with Gasteiger partial charge in [-0.2, -0.15) is 0 Å². The summed E-state index contributed by atoms with van der Waals surface area (Å²) >= 11 is 6.14. The SMILES string of the molecule is Cc1sc(CO)cc1S(=O)(=O)NCc1sccc1Br. The Morgan fingerprint density at radius 2 is 2.21 bits per heavy atom. The summed E-state index contributed by atoms with van der Waals surface area (Å²) in [6.45, 7) is 1.85. The summed E-state index contributed by atoms with van der Waals surface area (Å²) in [4.78, 5) is 2.50. The van der Waals surface area contributed by atoms with Crippen LogP contribution in [0.4, 0.5) is 0 Å². The number of hydrogen-bond donors (Lipinski definition) is 2. The molecule has 2 rings (SSSR count). The number of aryl methyl sites for hydroxylation is 1. The molecule has 2 aromatic rings. The number of nitrogens with one attached hydrogen (secondary N) is 1. The Morgan fingerprint density at radius 3 is 2.74 bits per heavy atom. The predicted molar refractivity (Wildman–Crippen MR) is 81.0 cm³/mol. The van der Waals surface area contributed by atoms with Crippen LogP contribution in [-0.2, 0) is 23.2 Å². The number of aliphatic hydroxyl groups is 1. The van der Waals surface area contributed by atoms with Gasteiger partial charge in [-0.05, 0) is 40.4 Å². The van der Waals surface area contributed by atoms with Gasteiger partial charge in [0.25, 0.3) is 0 Å². The Bertz CT molecular complexity index is 675. The second kappa shape index (κ2) is 6.02. The summed E-state index contributed by atoms with van der Waals surface area (Å²) in [6.07, 6.45) is 0. The predicted octanol–water partition coefficient (Wildman–Crippen LogP) is 2.85. The van der Waals surface area contributed by atoms with E-state index in [0.717, 1.165) is 9.35 Å². The Hall–Kier alpha value is -0.250. The Labute approximate surface area is 128 Å². The fraction of sp³-hybridized carbons (Fsp3) is 0.273. The zero-order chi connectivity index (χ0) is 14.0. The number of rotatable bonds is 5. The molecule has 0 bridgehead atoms. The van der Waals surface area contributed by atoms with Crippen molar-refractivity contribution in [2.75, 3.05) is 0 Å². The highest BCUT2D eigenvalue weighted by Gasteiger charge is 2.20. The molecule has 0 atom stereocenters. The number of hydrogen-bond acceptors (Lipinski definition) is 5. The van der Waals surface area contributed by atoms with Gasteiger partial charge in [0.05, 0.1) is 11.5 Å². The number of halogens is 1. The highest BCUT2D eigenvalue weighted by molar-refractivity contribution is 9.10. The van der Waals surface area contributed by atoms with E-state index in [9.17, 15) is 8.42 Å². The van der Waals surface area contributed by atoms with E-state index in [-0.39, 0.29) is 18.0 Å². The van der Waals surface area contributed by atoms with Crippen LogP contribution in [0.1, 0.15) is 14.6 Å². The summed E-state index contributed by atoms with van der Waals surface area (Å²) < 4.78 is 27.9. The molecule has 0 aliphatic heterocycles. The molecular weight excluding hydrogens is 370 g/mol. The van der Waals surface area contributed by atoms with Crippen LogP contribution in [0.15, 0.2) is 26.9 Å². The van der Waals surface area contributed by atoms with Crippen molar-refractivity contribution in [2.24, 2.45) is 0 Å². The summed E-state index contributed by atoms with van der Waals surface area (Å²) in [5.74, 6) is 0. The number of sulfonamides is 1. The lowest BCUT2D eigenvalue weighted by Crippen LogP contribution is -2.23. The van der Waals surface area contributed by atoms with Crippen molar-refractivity contribution in [1.82, 2.24) is 4.72 Å². The fourth-order valence-corrected chi connectivity index (χ4v) is 5.57. The van der Waals surface area contributed by atoms with Crippen LogP contribution in [0.5, 0.6) is 0 Å². The number of thiophene rings is 2. The van der Waals surface area contributed by atoms with Crippen molar-refractivity contribution in [3.05, 3.63) is 36.6 Å². The van der Waals surface area contributed by atoms with Crippen molar-refractivity contribution in [3.8, 4) is 0 Å². The maximum absolute atomic E-state index is 12.2. The molecule has 2 N–H and O–H groups in total. The number of aliphatic hydroxyl groups excluding tert-OH is 1. The summed E-state index contributed by atoms with van der Waals surface area (Å²) in [6, 6.07) is 3.40. The third-order valence-corrected chi connectivity index (χ3v) is 7.10. The van der Waals surface area contributed by atoms with Gasteiger partial charge in [-0.1, -0.05) is 0 Å². The molecule has 104 valence electrons. The van der Waals surface area contributed by atoms with E-state index in [4.69, 9.17) is 5.11 Å². The third kappa shape index (κ3) is 3.45. The molecule has 8 heteroatoms. The lowest BCUT2D eigenvalue weighted by atomic mass is 10.4. The first-order chi connectivity index (χ1) is 8.94. The molecule has 0 saturated carbocycles. The van der Waals surface area contributed by atoms with E-state index >= 15 is 0 Å². The molecule has 0 aliphatic rings. The standard InChI is InChI=1S/C11H12BrNO3S3/c1-7-11(4-8(6-14)18-7)19(15,16)13-5-10-9(12)2-3-17-10/h2-4,13-14H,5-6H2,1H3. The molecule has 2 heterocycles. The van der Waals surface area contributed by atoms with E-state index in [2.05, 4.69) is 20.7 Å². The molecule has 0 unspecified atom stereocenters. The third-order valence-electron chi connectivity index (χ3n) is 2.48. The summed E-state index contributed by atoms with van der Waals surface area (Å²) in [5, 5.41) is 10.9. The minimum atomic E-state index is -3.54. The van der Waals surface area contributed by atoms with Crippen LogP contribution in [0.25, 0.3) is 0 Å². The highest BCUT2D eigenvalue weighted by atomic mass is 79.9. The second-order valence-corrected chi connectivity index (χ2v) is 8.74. The minimum absolute atomic E-state index is 0.141. The van der Waals surface area contributed by atoms with Crippen LogP contribution in [0.2, 0.25) is 0 Å². The van der Waals surface area contributed by atoms with Gasteiger partial charge in [0.15, 0.2) is 0 Å². The average Bonchev–Trinajstić information content (AvgIpc) is 2.93. The molecule has 2 aromatic heterocycles. The van der Waals surface area contributed by atoms with Gasteiger partial charge >= 0.3 is 0 Å². The quantitative estimate of drug-likeness (QED) is 0.836. The lowest BCUT2D eigenvalue weighted by Gasteiger charge is -2.05. The zero-order valence-corrected chi connectivity index (χ0v) is 14.0. The van der Waals surface area contributed by atoms with E-state index in [0.29, 0.717) is 9.75 Å². The molecule has 0 aliphatic carbocycles. The van der Waals surface area contributed by atoms with E-state index < -0.39 is 10.0 Å². The van der Waals surface area contributed by atoms with Crippen molar-refractivity contribution < 1.29 is 13.5 Å². The smallest absolute Gasteiger partial charge is 0.242 e. The Kier molecular flexibility index (Phi) is 4.80. The monoisotopic (exact) mass is 381 g/mol. The van der Waals surface area contributed by atoms with Crippen LogP contribution in [-0.4, -0.2) is 13.5 Å². The van der Waals surface area contributed by atoms with Crippen molar-refractivity contribution in [2.45, 2.75) is 25.0 Å². The van der Waals surface area contributed by atoms with Crippen molar-refractivity contribution in [3.63, 3.8) is 0 Å². The van der Waals surface area contributed by atoms with Gasteiger partial charge in [0.1, 0.15) is 0 Å². The summed E-state index contributed by atoms with van der Waals surface area (Å²) in [7, 11) is -3.54. The van der Waals surface area contributed by atoms with Gasteiger partial charge in [-0.3, -0.25) is 0 Å². The van der Waals surface area contributed by atoms with Gasteiger partial charge in [0, 0.05) is 25.6 Å². The Balaban J connectivity index is 2.18.